The maximum atomic E-state index is 5.78. The predicted molar refractivity (Wildman–Crippen MR) is 86.7 cm³/mol. The summed E-state index contributed by atoms with van der Waals surface area (Å²) in [6.07, 6.45) is 5.58. The Morgan fingerprint density at radius 1 is 1.05 bits per heavy atom. The van der Waals surface area contributed by atoms with Crippen LogP contribution in [0.2, 0.25) is 0 Å². The van der Waals surface area contributed by atoms with Crippen molar-refractivity contribution in [3.05, 3.63) is 59.9 Å². The standard InChI is InChI=1S/C18H24N2O/c1-3-20-15(2)14-17-4-6-18(7-5-17)21-13-10-16-8-11-19-12-9-16/h4-9,11-12,15,20H,3,10,13-14H2,1-2H3. The average molecular weight is 284 g/mol. The number of nitrogens with zero attached hydrogens (tertiary/aromatic N) is 1. The van der Waals surface area contributed by atoms with E-state index in [-0.39, 0.29) is 0 Å². The molecule has 0 amide bonds. The largest absolute Gasteiger partial charge is 0.493 e. The van der Waals surface area contributed by atoms with Crippen LogP contribution in [-0.4, -0.2) is 24.2 Å². The second-order valence-corrected chi connectivity index (χ2v) is 5.26. The van der Waals surface area contributed by atoms with E-state index in [9.17, 15) is 0 Å². The van der Waals surface area contributed by atoms with Gasteiger partial charge in [0.25, 0.3) is 0 Å². The van der Waals surface area contributed by atoms with Crippen LogP contribution < -0.4 is 10.1 Å². The predicted octanol–water partition coefficient (Wildman–Crippen LogP) is 3.24. The third kappa shape index (κ3) is 5.56. The molecule has 3 nitrogen and oxygen atoms in total. The highest BCUT2D eigenvalue weighted by atomic mass is 16.5. The summed E-state index contributed by atoms with van der Waals surface area (Å²) >= 11 is 0. The first-order valence-corrected chi connectivity index (χ1v) is 7.62. The molecule has 1 heterocycles. The lowest BCUT2D eigenvalue weighted by atomic mass is 10.1. The van der Waals surface area contributed by atoms with Crippen LogP contribution in [0.25, 0.3) is 0 Å². The van der Waals surface area contributed by atoms with Gasteiger partial charge in [-0.1, -0.05) is 19.1 Å². The zero-order valence-corrected chi connectivity index (χ0v) is 12.9. The van der Waals surface area contributed by atoms with Gasteiger partial charge in [0.05, 0.1) is 6.61 Å². The van der Waals surface area contributed by atoms with Crippen LogP contribution >= 0.6 is 0 Å². The number of nitrogens with one attached hydrogen (secondary N) is 1. The van der Waals surface area contributed by atoms with Gasteiger partial charge in [-0.3, -0.25) is 4.98 Å². The molecule has 0 aliphatic rings. The van der Waals surface area contributed by atoms with Crippen molar-refractivity contribution in [3.63, 3.8) is 0 Å². The first-order chi connectivity index (χ1) is 10.3. The molecule has 2 rings (SSSR count). The van der Waals surface area contributed by atoms with Gasteiger partial charge < -0.3 is 10.1 Å². The molecule has 1 aromatic heterocycles. The Hall–Kier alpha value is -1.87. The zero-order valence-electron chi connectivity index (χ0n) is 12.9. The summed E-state index contributed by atoms with van der Waals surface area (Å²) in [4.78, 5) is 4.01. The molecule has 3 heteroatoms. The lowest BCUT2D eigenvalue weighted by Crippen LogP contribution is -2.27. The third-order valence-electron chi connectivity index (χ3n) is 3.43. The molecular weight excluding hydrogens is 260 g/mol. The van der Waals surface area contributed by atoms with Crippen LogP contribution in [0.4, 0.5) is 0 Å². The molecule has 0 bridgehead atoms. The van der Waals surface area contributed by atoms with Crippen molar-refractivity contribution in [2.24, 2.45) is 0 Å². The van der Waals surface area contributed by atoms with Gasteiger partial charge in [-0.2, -0.15) is 0 Å². The fourth-order valence-electron chi connectivity index (χ4n) is 2.33. The van der Waals surface area contributed by atoms with Crippen molar-refractivity contribution in [1.29, 1.82) is 0 Å². The zero-order chi connectivity index (χ0) is 14.9. The Morgan fingerprint density at radius 2 is 1.76 bits per heavy atom. The summed E-state index contributed by atoms with van der Waals surface area (Å²) < 4.78 is 5.78. The Balaban J connectivity index is 1.77. The van der Waals surface area contributed by atoms with Crippen LogP contribution in [0, 0.1) is 0 Å². The highest BCUT2D eigenvalue weighted by Gasteiger charge is 2.02. The first kappa shape index (κ1) is 15.5. The monoisotopic (exact) mass is 284 g/mol. The van der Waals surface area contributed by atoms with Crippen molar-refractivity contribution in [3.8, 4) is 5.75 Å². The van der Waals surface area contributed by atoms with Crippen LogP contribution in [0.15, 0.2) is 48.8 Å². The van der Waals surface area contributed by atoms with E-state index in [0.717, 1.165) is 25.1 Å². The van der Waals surface area contributed by atoms with E-state index < -0.39 is 0 Å². The Bertz CT molecular complexity index is 511. The normalized spacial score (nSPS) is 12.1. The highest BCUT2D eigenvalue weighted by molar-refractivity contribution is 5.27. The maximum absolute atomic E-state index is 5.78. The van der Waals surface area contributed by atoms with Crippen LogP contribution in [0.5, 0.6) is 5.75 Å². The minimum atomic E-state index is 0.508. The molecule has 0 spiro atoms. The lowest BCUT2D eigenvalue weighted by molar-refractivity contribution is 0.322. The van der Waals surface area contributed by atoms with Gasteiger partial charge in [0, 0.05) is 24.9 Å². The van der Waals surface area contributed by atoms with E-state index in [1.54, 1.807) is 0 Å². The van der Waals surface area contributed by atoms with E-state index in [4.69, 9.17) is 4.74 Å². The van der Waals surface area contributed by atoms with Crippen LogP contribution in [-0.2, 0) is 12.8 Å². The van der Waals surface area contributed by atoms with Crippen molar-refractivity contribution in [2.75, 3.05) is 13.2 Å². The second kappa shape index (κ2) is 8.42. The molecular formula is C18H24N2O. The Kier molecular flexibility index (Phi) is 6.22. The molecule has 0 saturated carbocycles. The van der Waals surface area contributed by atoms with Gasteiger partial charge in [0.1, 0.15) is 5.75 Å². The van der Waals surface area contributed by atoms with E-state index >= 15 is 0 Å². The second-order valence-electron chi connectivity index (χ2n) is 5.26. The summed E-state index contributed by atoms with van der Waals surface area (Å²) in [5.74, 6) is 0.934. The molecule has 1 unspecified atom stereocenters. The van der Waals surface area contributed by atoms with E-state index in [0.29, 0.717) is 12.6 Å². The number of aromatic nitrogens is 1. The van der Waals surface area contributed by atoms with Crippen molar-refractivity contribution in [1.82, 2.24) is 10.3 Å². The summed E-state index contributed by atoms with van der Waals surface area (Å²) in [7, 11) is 0. The van der Waals surface area contributed by atoms with Crippen LogP contribution in [0.1, 0.15) is 25.0 Å². The Labute approximate surface area is 127 Å². The van der Waals surface area contributed by atoms with E-state index in [2.05, 4.69) is 48.4 Å². The van der Waals surface area contributed by atoms with Gasteiger partial charge in [0.15, 0.2) is 0 Å². The topological polar surface area (TPSA) is 34.1 Å². The van der Waals surface area contributed by atoms with Gasteiger partial charge in [-0.15, -0.1) is 0 Å². The molecule has 21 heavy (non-hydrogen) atoms. The fourth-order valence-corrected chi connectivity index (χ4v) is 2.33. The number of likely N-dealkylation sites (N-methyl/N-ethyl adjacent to an activating group) is 1. The molecule has 2 aromatic rings. The van der Waals surface area contributed by atoms with Gasteiger partial charge >= 0.3 is 0 Å². The first-order valence-electron chi connectivity index (χ1n) is 7.62. The molecule has 1 aromatic carbocycles. The minimum Gasteiger partial charge on any atom is -0.493 e. The number of pyridine rings is 1. The van der Waals surface area contributed by atoms with Crippen molar-refractivity contribution in [2.45, 2.75) is 32.7 Å². The summed E-state index contributed by atoms with van der Waals surface area (Å²) in [6, 6.07) is 13.0. The lowest BCUT2D eigenvalue weighted by Gasteiger charge is -2.12. The molecule has 0 fully saturated rings. The quantitative estimate of drug-likeness (QED) is 0.808. The summed E-state index contributed by atoms with van der Waals surface area (Å²) in [5.41, 5.74) is 2.59. The van der Waals surface area contributed by atoms with Crippen molar-refractivity contribution >= 4 is 0 Å². The third-order valence-corrected chi connectivity index (χ3v) is 3.43. The molecule has 1 atom stereocenters. The minimum absolute atomic E-state index is 0.508. The number of rotatable bonds is 8. The van der Waals surface area contributed by atoms with Crippen LogP contribution in [0.3, 0.4) is 0 Å². The Morgan fingerprint density at radius 3 is 2.43 bits per heavy atom. The number of ether oxygens (including phenoxy) is 1. The number of hydrogen-bond acceptors (Lipinski definition) is 3. The van der Waals surface area contributed by atoms with Gasteiger partial charge in [-0.05, 0) is 55.3 Å². The summed E-state index contributed by atoms with van der Waals surface area (Å²) in [6.45, 7) is 6.05. The van der Waals surface area contributed by atoms with E-state index in [1.165, 1.54) is 11.1 Å². The smallest absolute Gasteiger partial charge is 0.119 e. The molecule has 0 saturated heterocycles. The van der Waals surface area contributed by atoms with Gasteiger partial charge in [-0.25, -0.2) is 0 Å². The summed E-state index contributed by atoms with van der Waals surface area (Å²) in [5, 5.41) is 3.42. The average Bonchev–Trinajstić information content (AvgIpc) is 2.50. The molecule has 0 aliphatic heterocycles. The van der Waals surface area contributed by atoms with Crippen molar-refractivity contribution < 1.29 is 4.74 Å². The van der Waals surface area contributed by atoms with E-state index in [1.807, 2.05) is 24.5 Å². The fraction of sp³-hybridized carbons (Fsp3) is 0.389. The number of benzene rings is 1. The highest BCUT2D eigenvalue weighted by Crippen LogP contribution is 2.14. The SMILES string of the molecule is CCNC(C)Cc1ccc(OCCc2ccncc2)cc1. The maximum Gasteiger partial charge on any atom is 0.119 e. The number of hydrogen-bond donors (Lipinski definition) is 1. The molecule has 0 radical (unpaired) electrons. The molecule has 0 aliphatic carbocycles. The molecule has 1 N–H and O–H groups in total. The molecule has 112 valence electrons. The van der Waals surface area contributed by atoms with Gasteiger partial charge in [0.2, 0.25) is 0 Å².